The van der Waals surface area contributed by atoms with Gasteiger partial charge < -0.3 is 9.42 Å². The van der Waals surface area contributed by atoms with Crippen LogP contribution in [0, 0.1) is 12.8 Å². The van der Waals surface area contributed by atoms with E-state index in [-0.39, 0.29) is 17.9 Å². The topological polar surface area (TPSA) is 80.3 Å². The molecule has 2 aromatic heterocycles. The van der Waals surface area contributed by atoms with Gasteiger partial charge >= 0.3 is 0 Å². The molecule has 1 saturated carbocycles. The number of aryl methyl sites for hydroxylation is 2. The lowest BCUT2D eigenvalue weighted by molar-refractivity contribution is -0.134. The smallest absolute Gasteiger partial charge is 0.244 e. The lowest BCUT2D eigenvalue weighted by Gasteiger charge is -2.37. The molecule has 0 spiro atoms. The summed E-state index contributed by atoms with van der Waals surface area (Å²) in [5.41, 5.74) is 3.33. The van der Waals surface area contributed by atoms with E-state index >= 15 is 0 Å². The van der Waals surface area contributed by atoms with Gasteiger partial charge in [0, 0.05) is 50.9 Å². The molecular weight excluding hydrogens is 392 g/mol. The summed E-state index contributed by atoms with van der Waals surface area (Å²) in [7, 11) is 1.91. The van der Waals surface area contributed by atoms with Crippen molar-refractivity contribution in [2.24, 2.45) is 13.0 Å². The predicted octanol–water partition coefficient (Wildman–Crippen LogP) is 2.79. The van der Waals surface area contributed by atoms with E-state index in [0.29, 0.717) is 17.6 Å². The standard InChI is InChI=1S/C23H28N6O2/c1-15-4-6-17(7-5-15)21-25-22(31-26-21)16(2)28-8-10-29(11-9-28)23(30)20-12-19(20)18-13-24-27(3)14-18/h4-7,13-14,16,19-20H,8-12H2,1-3H3. The Morgan fingerprint density at radius 2 is 1.90 bits per heavy atom. The van der Waals surface area contributed by atoms with E-state index in [1.807, 2.05) is 48.6 Å². The maximum Gasteiger partial charge on any atom is 0.244 e. The average Bonchev–Trinajstić information content (AvgIpc) is 3.21. The number of aromatic nitrogens is 4. The zero-order valence-electron chi connectivity index (χ0n) is 18.2. The van der Waals surface area contributed by atoms with Gasteiger partial charge in [0.2, 0.25) is 17.6 Å². The van der Waals surface area contributed by atoms with Crippen LogP contribution in [0.3, 0.4) is 0 Å². The first-order valence-corrected chi connectivity index (χ1v) is 10.9. The van der Waals surface area contributed by atoms with E-state index in [2.05, 4.69) is 34.0 Å². The Morgan fingerprint density at radius 3 is 2.58 bits per heavy atom. The van der Waals surface area contributed by atoms with Crippen LogP contribution < -0.4 is 0 Å². The summed E-state index contributed by atoms with van der Waals surface area (Å²) in [5, 5.41) is 8.39. The van der Waals surface area contributed by atoms with E-state index in [0.717, 1.165) is 38.2 Å². The van der Waals surface area contributed by atoms with Gasteiger partial charge in [-0.1, -0.05) is 35.0 Å². The lowest BCUT2D eigenvalue weighted by Crippen LogP contribution is -2.49. The summed E-state index contributed by atoms with van der Waals surface area (Å²) in [6.07, 6.45) is 4.84. The number of carbonyl (C=O) groups excluding carboxylic acids is 1. The van der Waals surface area contributed by atoms with Crippen LogP contribution in [0.25, 0.3) is 11.4 Å². The zero-order valence-corrected chi connectivity index (χ0v) is 18.2. The van der Waals surface area contributed by atoms with Crippen LogP contribution in [0.2, 0.25) is 0 Å². The molecule has 8 nitrogen and oxygen atoms in total. The minimum absolute atomic E-state index is 0.0213. The number of piperazine rings is 1. The minimum atomic E-state index is 0.0213. The molecule has 0 N–H and O–H groups in total. The van der Waals surface area contributed by atoms with Crippen LogP contribution in [0.1, 0.15) is 42.3 Å². The summed E-state index contributed by atoms with van der Waals surface area (Å²) >= 11 is 0. The van der Waals surface area contributed by atoms with Gasteiger partial charge in [0.15, 0.2) is 0 Å². The van der Waals surface area contributed by atoms with Crippen LogP contribution in [0.4, 0.5) is 0 Å². The van der Waals surface area contributed by atoms with E-state index in [1.54, 1.807) is 4.68 Å². The van der Waals surface area contributed by atoms with Gasteiger partial charge in [-0.05, 0) is 31.7 Å². The first kappa shape index (κ1) is 19.9. The molecule has 8 heteroatoms. The van der Waals surface area contributed by atoms with E-state index in [1.165, 1.54) is 11.1 Å². The molecule has 1 aromatic carbocycles. The number of nitrogens with zero attached hydrogens (tertiary/aromatic N) is 6. The van der Waals surface area contributed by atoms with Gasteiger partial charge in [0.25, 0.3) is 0 Å². The summed E-state index contributed by atoms with van der Waals surface area (Å²) in [4.78, 5) is 21.9. The normalized spacial score (nSPS) is 22.5. The Hall–Kier alpha value is -3.00. The Balaban J connectivity index is 1.16. The quantitative estimate of drug-likeness (QED) is 0.631. The highest BCUT2D eigenvalue weighted by Crippen LogP contribution is 2.48. The van der Waals surface area contributed by atoms with Crippen LogP contribution in [0.5, 0.6) is 0 Å². The molecule has 5 rings (SSSR count). The molecule has 3 atom stereocenters. The molecule has 1 aliphatic carbocycles. The monoisotopic (exact) mass is 420 g/mol. The van der Waals surface area contributed by atoms with Crippen molar-refractivity contribution in [3.05, 3.63) is 53.7 Å². The largest absolute Gasteiger partial charge is 0.340 e. The molecule has 1 saturated heterocycles. The van der Waals surface area contributed by atoms with E-state index < -0.39 is 0 Å². The predicted molar refractivity (Wildman–Crippen MR) is 115 cm³/mol. The van der Waals surface area contributed by atoms with Crippen molar-refractivity contribution in [1.29, 1.82) is 0 Å². The van der Waals surface area contributed by atoms with Crippen molar-refractivity contribution >= 4 is 5.91 Å². The first-order valence-electron chi connectivity index (χ1n) is 10.9. The fraction of sp³-hybridized carbons (Fsp3) is 0.478. The van der Waals surface area contributed by atoms with Crippen LogP contribution in [0.15, 0.2) is 41.2 Å². The van der Waals surface area contributed by atoms with Crippen molar-refractivity contribution in [1.82, 2.24) is 29.7 Å². The second kappa shape index (κ2) is 7.92. The third kappa shape index (κ3) is 3.99. The van der Waals surface area contributed by atoms with Crippen molar-refractivity contribution in [2.75, 3.05) is 26.2 Å². The van der Waals surface area contributed by atoms with Crippen LogP contribution in [-0.4, -0.2) is 61.8 Å². The molecule has 162 valence electrons. The second-order valence-corrected chi connectivity index (χ2v) is 8.76. The van der Waals surface area contributed by atoms with Gasteiger partial charge in [-0.15, -0.1) is 0 Å². The minimum Gasteiger partial charge on any atom is -0.340 e. The highest BCUT2D eigenvalue weighted by Gasteiger charge is 2.46. The third-order valence-electron chi connectivity index (χ3n) is 6.54. The molecule has 0 bridgehead atoms. The Bertz CT molecular complexity index is 1060. The Kier molecular flexibility index (Phi) is 5.09. The average molecular weight is 421 g/mol. The third-order valence-corrected chi connectivity index (χ3v) is 6.54. The van der Waals surface area contributed by atoms with E-state index in [9.17, 15) is 4.79 Å². The fourth-order valence-corrected chi connectivity index (χ4v) is 4.41. The maximum atomic E-state index is 12.9. The van der Waals surface area contributed by atoms with E-state index in [4.69, 9.17) is 4.52 Å². The van der Waals surface area contributed by atoms with Crippen molar-refractivity contribution in [3.8, 4) is 11.4 Å². The molecule has 2 aliphatic rings. The lowest BCUT2D eigenvalue weighted by atomic mass is 10.1. The Morgan fingerprint density at radius 1 is 1.16 bits per heavy atom. The Labute approximate surface area is 181 Å². The first-order chi connectivity index (χ1) is 15.0. The van der Waals surface area contributed by atoms with Gasteiger partial charge in [-0.3, -0.25) is 14.4 Å². The summed E-state index contributed by atoms with van der Waals surface area (Å²) in [5.74, 6) is 1.96. The summed E-state index contributed by atoms with van der Waals surface area (Å²) in [6, 6.07) is 8.13. The number of hydrogen-bond acceptors (Lipinski definition) is 6. The number of benzene rings is 1. The molecule has 2 fully saturated rings. The number of rotatable bonds is 5. The van der Waals surface area contributed by atoms with Gasteiger partial charge in [-0.2, -0.15) is 10.1 Å². The fourth-order valence-electron chi connectivity index (χ4n) is 4.41. The molecular formula is C23H28N6O2. The summed E-state index contributed by atoms with van der Waals surface area (Å²) < 4.78 is 7.36. The molecule has 3 unspecified atom stereocenters. The number of amides is 1. The molecule has 1 amide bonds. The molecule has 1 aliphatic heterocycles. The molecule has 3 aromatic rings. The van der Waals surface area contributed by atoms with Gasteiger partial charge in [-0.25, -0.2) is 0 Å². The molecule has 0 radical (unpaired) electrons. The number of hydrogen-bond donors (Lipinski definition) is 0. The highest BCUT2D eigenvalue weighted by atomic mass is 16.5. The summed E-state index contributed by atoms with van der Waals surface area (Å²) in [6.45, 7) is 7.22. The van der Waals surface area contributed by atoms with Crippen LogP contribution >= 0.6 is 0 Å². The SMILES string of the molecule is Cc1ccc(-c2noc(C(C)N3CCN(C(=O)C4CC4c4cnn(C)c4)CC3)n2)cc1. The van der Waals surface area contributed by atoms with Gasteiger partial charge in [0.1, 0.15) is 0 Å². The molecule has 31 heavy (non-hydrogen) atoms. The highest BCUT2D eigenvalue weighted by molar-refractivity contribution is 5.83. The molecule has 3 heterocycles. The number of carbonyl (C=O) groups is 1. The van der Waals surface area contributed by atoms with Crippen molar-refractivity contribution in [2.45, 2.75) is 32.2 Å². The zero-order chi connectivity index (χ0) is 21.5. The van der Waals surface area contributed by atoms with Crippen LogP contribution in [-0.2, 0) is 11.8 Å². The van der Waals surface area contributed by atoms with Gasteiger partial charge in [0.05, 0.1) is 12.2 Å². The van der Waals surface area contributed by atoms with Crippen molar-refractivity contribution < 1.29 is 9.32 Å². The second-order valence-electron chi connectivity index (χ2n) is 8.76. The maximum absolute atomic E-state index is 12.9. The van der Waals surface area contributed by atoms with Crippen molar-refractivity contribution in [3.63, 3.8) is 0 Å².